The fraction of sp³-hybridized carbons (Fsp3) is 0.176. The number of amides is 1. The molecule has 0 spiro atoms. The normalized spacial score (nSPS) is 13.3. The number of hydrogen-bond donors (Lipinski definition) is 2. The van der Waals surface area contributed by atoms with Gasteiger partial charge in [0.05, 0.1) is 5.56 Å². The Morgan fingerprint density at radius 3 is 2.65 bits per heavy atom. The summed E-state index contributed by atoms with van der Waals surface area (Å²) in [4.78, 5) is 24.6. The van der Waals surface area contributed by atoms with Crippen LogP contribution in [0, 0.1) is 0 Å². The summed E-state index contributed by atoms with van der Waals surface area (Å²) in [6, 6.07) is 7.08. The van der Waals surface area contributed by atoms with Gasteiger partial charge in [0.15, 0.2) is 0 Å². The molecular weight excluding hydrogens is 334 g/mol. The fourth-order valence-electron chi connectivity index (χ4n) is 2.62. The first-order chi connectivity index (χ1) is 11.0. The summed E-state index contributed by atoms with van der Waals surface area (Å²) < 4.78 is 0. The van der Waals surface area contributed by atoms with E-state index in [4.69, 9.17) is 11.6 Å². The van der Waals surface area contributed by atoms with Crippen molar-refractivity contribution in [1.82, 2.24) is 0 Å². The van der Waals surface area contributed by atoms with Gasteiger partial charge in [0.1, 0.15) is 5.00 Å². The Bertz CT molecular complexity index is 793. The third-order valence-corrected chi connectivity index (χ3v) is 5.13. The maximum absolute atomic E-state index is 12.0. The molecule has 0 bridgehead atoms. The van der Waals surface area contributed by atoms with E-state index in [1.807, 2.05) is 0 Å². The van der Waals surface area contributed by atoms with Gasteiger partial charge in [0.2, 0.25) is 5.91 Å². The molecule has 1 aromatic carbocycles. The number of carboxylic acids is 1. The molecule has 118 valence electrons. The van der Waals surface area contributed by atoms with Crippen LogP contribution in [0.15, 0.2) is 30.3 Å². The SMILES string of the molecule is O=C(/C=C/c1ccc(Cl)cc1)Nc1sc2c(c1C(=O)O)CCC2. The number of anilines is 1. The van der Waals surface area contributed by atoms with Gasteiger partial charge >= 0.3 is 5.97 Å². The Hall–Kier alpha value is -2.11. The molecule has 3 rings (SSSR count). The summed E-state index contributed by atoms with van der Waals surface area (Å²) in [5.41, 5.74) is 1.96. The molecule has 0 radical (unpaired) electrons. The van der Waals surface area contributed by atoms with Gasteiger partial charge in [-0.25, -0.2) is 4.79 Å². The molecule has 6 heteroatoms. The summed E-state index contributed by atoms with van der Waals surface area (Å²) in [5, 5.41) is 13.1. The van der Waals surface area contributed by atoms with Crippen LogP contribution in [0.5, 0.6) is 0 Å². The van der Waals surface area contributed by atoms with Crippen molar-refractivity contribution >= 4 is 45.9 Å². The van der Waals surface area contributed by atoms with E-state index in [0.717, 1.165) is 35.3 Å². The maximum atomic E-state index is 12.0. The van der Waals surface area contributed by atoms with E-state index in [9.17, 15) is 14.7 Å². The molecule has 0 atom stereocenters. The molecule has 1 aromatic heterocycles. The Labute approximate surface area is 142 Å². The molecule has 2 N–H and O–H groups in total. The highest BCUT2D eigenvalue weighted by atomic mass is 35.5. The second-order valence-corrected chi connectivity index (χ2v) is 6.78. The number of hydrogen-bond acceptors (Lipinski definition) is 3. The predicted octanol–water partition coefficient (Wildman–Crippen LogP) is 4.24. The van der Waals surface area contributed by atoms with Gasteiger partial charge in [-0.05, 0) is 48.6 Å². The number of halogens is 1. The third-order valence-electron chi connectivity index (χ3n) is 3.67. The highest BCUT2D eigenvalue weighted by Gasteiger charge is 2.26. The minimum Gasteiger partial charge on any atom is -0.478 e. The maximum Gasteiger partial charge on any atom is 0.339 e. The molecule has 0 unspecified atom stereocenters. The number of aryl methyl sites for hydroxylation is 1. The number of nitrogens with one attached hydrogen (secondary N) is 1. The summed E-state index contributed by atoms with van der Waals surface area (Å²) in [6.07, 6.45) is 5.68. The molecule has 2 aromatic rings. The highest BCUT2D eigenvalue weighted by Crippen LogP contribution is 2.39. The zero-order valence-corrected chi connectivity index (χ0v) is 13.7. The first kappa shape index (κ1) is 15.8. The number of thiophene rings is 1. The number of carbonyl (C=O) groups is 2. The van der Waals surface area contributed by atoms with Crippen molar-refractivity contribution in [3.8, 4) is 0 Å². The molecule has 23 heavy (non-hydrogen) atoms. The first-order valence-corrected chi connectivity index (χ1v) is 8.36. The van der Waals surface area contributed by atoms with E-state index < -0.39 is 5.97 Å². The van der Waals surface area contributed by atoms with Gasteiger partial charge < -0.3 is 10.4 Å². The number of carboxylic acid groups (broad SMARTS) is 1. The quantitative estimate of drug-likeness (QED) is 0.813. The summed E-state index contributed by atoms with van der Waals surface area (Å²) in [7, 11) is 0. The fourth-order valence-corrected chi connectivity index (χ4v) is 4.03. The van der Waals surface area contributed by atoms with E-state index in [1.54, 1.807) is 30.3 Å². The van der Waals surface area contributed by atoms with Crippen LogP contribution in [0.1, 0.15) is 32.8 Å². The van der Waals surface area contributed by atoms with Crippen molar-refractivity contribution in [3.63, 3.8) is 0 Å². The average Bonchev–Trinajstić information content (AvgIpc) is 3.06. The van der Waals surface area contributed by atoms with Crippen LogP contribution < -0.4 is 5.32 Å². The van der Waals surface area contributed by atoms with Gasteiger partial charge in [-0.1, -0.05) is 23.7 Å². The molecule has 0 fully saturated rings. The Morgan fingerprint density at radius 2 is 1.96 bits per heavy atom. The largest absolute Gasteiger partial charge is 0.478 e. The van der Waals surface area contributed by atoms with Crippen molar-refractivity contribution in [2.45, 2.75) is 19.3 Å². The zero-order valence-electron chi connectivity index (χ0n) is 12.1. The van der Waals surface area contributed by atoms with Crippen LogP contribution in [0.2, 0.25) is 5.02 Å². The van der Waals surface area contributed by atoms with Gasteiger partial charge in [-0.3, -0.25) is 4.79 Å². The van der Waals surface area contributed by atoms with Crippen LogP contribution in [0.4, 0.5) is 5.00 Å². The van der Waals surface area contributed by atoms with Crippen LogP contribution >= 0.6 is 22.9 Å². The smallest absolute Gasteiger partial charge is 0.339 e. The van der Waals surface area contributed by atoms with E-state index in [0.29, 0.717) is 10.0 Å². The highest BCUT2D eigenvalue weighted by molar-refractivity contribution is 7.17. The van der Waals surface area contributed by atoms with E-state index in [1.165, 1.54) is 17.4 Å². The van der Waals surface area contributed by atoms with Gasteiger partial charge in [0.25, 0.3) is 0 Å². The average molecular weight is 348 g/mol. The molecule has 0 aliphatic heterocycles. The van der Waals surface area contributed by atoms with Crippen LogP contribution in [0.3, 0.4) is 0 Å². The zero-order chi connectivity index (χ0) is 16.4. The minimum atomic E-state index is -0.985. The second kappa shape index (κ2) is 6.56. The van der Waals surface area contributed by atoms with E-state index in [2.05, 4.69) is 5.32 Å². The minimum absolute atomic E-state index is 0.246. The predicted molar refractivity (Wildman–Crippen MR) is 92.4 cm³/mol. The number of carbonyl (C=O) groups excluding carboxylic acids is 1. The molecule has 1 aliphatic rings. The molecule has 1 heterocycles. The summed E-state index contributed by atoms with van der Waals surface area (Å²) in [6.45, 7) is 0. The Morgan fingerprint density at radius 1 is 1.22 bits per heavy atom. The monoisotopic (exact) mass is 347 g/mol. The number of fused-ring (bicyclic) bond motifs is 1. The van der Waals surface area contributed by atoms with E-state index in [-0.39, 0.29) is 11.5 Å². The number of rotatable bonds is 4. The van der Waals surface area contributed by atoms with Crippen molar-refractivity contribution in [2.24, 2.45) is 0 Å². The summed E-state index contributed by atoms with van der Waals surface area (Å²) >= 11 is 7.17. The lowest BCUT2D eigenvalue weighted by molar-refractivity contribution is -0.111. The molecule has 0 saturated carbocycles. The van der Waals surface area contributed by atoms with Crippen LogP contribution in [-0.2, 0) is 17.6 Å². The van der Waals surface area contributed by atoms with E-state index >= 15 is 0 Å². The lowest BCUT2D eigenvalue weighted by Crippen LogP contribution is -2.10. The van der Waals surface area contributed by atoms with Gasteiger partial charge in [-0.2, -0.15) is 0 Å². The molecule has 0 saturated heterocycles. The summed E-state index contributed by atoms with van der Waals surface area (Å²) in [5.74, 6) is -1.33. The Kier molecular flexibility index (Phi) is 4.50. The Balaban J connectivity index is 1.76. The van der Waals surface area contributed by atoms with Crippen molar-refractivity contribution in [3.05, 3.63) is 56.9 Å². The first-order valence-electron chi connectivity index (χ1n) is 7.17. The number of aromatic carboxylic acids is 1. The molecule has 1 aliphatic carbocycles. The standard InChI is InChI=1S/C17H14ClNO3S/c18-11-7-4-10(5-8-11)6-9-14(20)19-16-15(17(21)22)12-2-1-3-13(12)23-16/h4-9H,1-3H2,(H,19,20)(H,21,22)/b9-6+. The van der Waals surface area contributed by atoms with Crippen molar-refractivity contribution in [2.75, 3.05) is 5.32 Å². The van der Waals surface area contributed by atoms with Gasteiger partial charge in [-0.15, -0.1) is 11.3 Å². The topological polar surface area (TPSA) is 66.4 Å². The lowest BCUT2D eigenvalue weighted by atomic mass is 10.1. The van der Waals surface area contributed by atoms with Crippen LogP contribution in [0.25, 0.3) is 6.08 Å². The molecule has 1 amide bonds. The second-order valence-electron chi connectivity index (χ2n) is 5.24. The molecule has 4 nitrogen and oxygen atoms in total. The number of benzene rings is 1. The lowest BCUT2D eigenvalue weighted by Gasteiger charge is -2.02. The van der Waals surface area contributed by atoms with Crippen molar-refractivity contribution in [1.29, 1.82) is 0 Å². The van der Waals surface area contributed by atoms with Crippen LogP contribution in [-0.4, -0.2) is 17.0 Å². The van der Waals surface area contributed by atoms with Gasteiger partial charge in [0, 0.05) is 16.0 Å². The third kappa shape index (κ3) is 3.46. The van der Waals surface area contributed by atoms with Crippen molar-refractivity contribution < 1.29 is 14.7 Å². The molecular formula is C17H14ClNO3S.